The summed E-state index contributed by atoms with van der Waals surface area (Å²) in [6, 6.07) is 9.21. The van der Waals surface area contributed by atoms with E-state index in [2.05, 4.69) is 31.5 Å². The molecule has 0 aliphatic rings. The number of pyridine rings is 1. The zero-order valence-electron chi connectivity index (χ0n) is 12.1. The van der Waals surface area contributed by atoms with Crippen molar-refractivity contribution in [3.8, 4) is 0 Å². The lowest BCUT2D eigenvalue weighted by Gasteiger charge is -2.08. The van der Waals surface area contributed by atoms with Gasteiger partial charge < -0.3 is 10.6 Å². The van der Waals surface area contributed by atoms with Crippen molar-refractivity contribution in [3.05, 3.63) is 58.3 Å². The van der Waals surface area contributed by atoms with Gasteiger partial charge in [-0.15, -0.1) is 0 Å². The summed E-state index contributed by atoms with van der Waals surface area (Å²) >= 11 is 3.38. The van der Waals surface area contributed by atoms with Gasteiger partial charge in [0.15, 0.2) is 0 Å². The molecule has 0 saturated carbocycles. The Labute approximate surface area is 137 Å². The number of aryl methyl sites for hydroxylation is 1. The highest BCUT2D eigenvalue weighted by atomic mass is 79.9. The third-order valence-electron chi connectivity index (χ3n) is 2.96. The number of aromatic nitrogens is 1. The Morgan fingerprint density at radius 3 is 2.55 bits per heavy atom. The first kappa shape index (κ1) is 16.2. The molecule has 0 saturated heterocycles. The van der Waals surface area contributed by atoms with Crippen molar-refractivity contribution in [2.24, 2.45) is 0 Å². The van der Waals surface area contributed by atoms with Gasteiger partial charge in [0.25, 0.3) is 0 Å². The average molecular weight is 362 g/mol. The van der Waals surface area contributed by atoms with Crippen LogP contribution >= 0.6 is 15.9 Å². The number of hydrogen-bond donors (Lipinski definition) is 2. The number of hydrogen-bond acceptors (Lipinski definition) is 3. The average Bonchev–Trinajstić information content (AvgIpc) is 2.49. The molecule has 0 aliphatic heterocycles. The van der Waals surface area contributed by atoms with E-state index in [9.17, 15) is 9.59 Å². The van der Waals surface area contributed by atoms with Crippen molar-refractivity contribution in [1.29, 1.82) is 0 Å². The minimum Gasteiger partial charge on any atom is -0.352 e. The maximum atomic E-state index is 11.9. The van der Waals surface area contributed by atoms with Crippen LogP contribution in [0.15, 0.2) is 47.2 Å². The Hall–Kier alpha value is -2.21. The summed E-state index contributed by atoms with van der Waals surface area (Å²) in [5, 5.41) is 5.41. The minimum atomic E-state index is -0.350. The van der Waals surface area contributed by atoms with E-state index in [-0.39, 0.29) is 18.2 Å². The molecule has 0 atom stereocenters. The Morgan fingerprint density at radius 2 is 1.86 bits per heavy atom. The second-order valence-electron chi connectivity index (χ2n) is 4.84. The van der Waals surface area contributed by atoms with E-state index < -0.39 is 0 Å². The van der Waals surface area contributed by atoms with Crippen molar-refractivity contribution in [3.63, 3.8) is 0 Å². The van der Waals surface area contributed by atoms with Crippen molar-refractivity contribution in [2.45, 2.75) is 19.9 Å². The van der Waals surface area contributed by atoms with Gasteiger partial charge >= 0.3 is 0 Å². The second-order valence-corrected chi connectivity index (χ2v) is 5.69. The van der Waals surface area contributed by atoms with E-state index in [0.717, 1.165) is 15.6 Å². The van der Waals surface area contributed by atoms with Crippen molar-refractivity contribution >= 4 is 33.4 Å². The SMILES string of the molecule is Cc1ccc(NC(=O)CC(=O)NCc2ccncc2)c(Br)c1. The Balaban J connectivity index is 1.82. The first-order valence-corrected chi connectivity index (χ1v) is 7.55. The van der Waals surface area contributed by atoms with E-state index in [1.807, 2.05) is 31.2 Å². The van der Waals surface area contributed by atoms with Gasteiger partial charge in [0, 0.05) is 23.4 Å². The minimum absolute atomic E-state index is 0.217. The zero-order valence-corrected chi connectivity index (χ0v) is 13.7. The van der Waals surface area contributed by atoms with Gasteiger partial charge in [0.2, 0.25) is 11.8 Å². The van der Waals surface area contributed by atoms with Crippen LogP contribution in [-0.2, 0) is 16.1 Å². The molecule has 2 N–H and O–H groups in total. The highest BCUT2D eigenvalue weighted by Gasteiger charge is 2.11. The normalized spacial score (nSPS) is 10.1. The van der Waals surface area contributed by atoms with Gasteiger partial charge in [-0.2, -0.15) is 0 Å². The van der Waals surface area contributed by atoms with Crippen LogP contribution < -0.4 is 10.6 Å². The predicted octanol–water partition coefficient (Wildman–Crippen LogP) is 2.80. The van der Waals surface area contributed by atoms with Crippen molar-refractivity contribution in [1.82, 2.24) is 10.3 Å². The van der Waals surface area contributed by atoms with Crippen LogP contribution in [0.1, 0.15) is 17.5 Å². The highest BCUT2D eigenvalue weighted by molar-refractivity contribution is 9.10. The number of halogens is 1. The number of nitrogens with zero attached hydrogens (tertiary/aromatic N) is 1. The lowest BCUT2D eigenvalue weighted by Crippen LogP contribution is -2.27. The van der Waals surface area contributed by atoms with Crippen LogP contribution in [0.25, 0.3) is 0 Å². The van der Waals surface area contributed by atoms with Crippen LogP contribution in [0.4, 0.5) is 5.69 Å². The lowest BCUT2D eigenvalue weighted by molar-refractivity contribution is -0.126. The molecule has 5 nitrogen and oxygen atoms in total. The summed E-state index contributed by atoms with van der Waals surface area (Å²) in [4.78, 5) is 27.5. The van der Waals surface area contributed by atoms with Gasteiger partial charge in [-0.1, -0.05) is 6.07 Å². The van der Waals surface area contributed by atoms with Crippen LogP contribution in [0.3, 0.4) is 0 Å². The van der Waals surface area contributed by atoms with Gasteiger partial charge in [0.05, 0.1) is 5.69 Å². The number of carbonyl (C=O) groups excluding carboxylic acids is 2. The van der Waals surface area contributed by atoms with Crippen LogP contribution in [-0.4, -0.2) is 16.8 Å². The summed E-state index contributed by atoms with van der Waals surface area (Å²) in [6.07, 6.45) is 3.09. The number of carbonyl (C=O) groups is 2. The fourth-order valence-electron chi connectivity index (χ4n) is 1.83. The van der Waals surface area contributed by atoms with Crippen LogP contribution in [0.2, 0.25) is 0 Å². The summed E-state index contributed by atoms with van der Waals surface area (Å²) in [5.41, 5.74) is 2.67. The third-order valence-corrected chi connectivity index (χ3v) is 3.61. The Kier molecular flexibility index (Phi) is 5.66. The first-order valence-electron chi connectivity index (χ1n) is 6.76. The van der Waals surface area contributed by atoms with Gasteiger partial charge in [-0.3, -0.25) is 14.6 Å². The van der Waals surface area contributed by atoms with Crippen molar-refractivity contribution in [2.75, 3.05) is 5.32 Å². The zero-order chi connectivity index (χ0) is 15.9. The summed E-state index contributed by atoms with van der Waals surface area (Å²) < 4.78 is 0.790. The van der Waals surface area contributed by atoms with E-state index in [1.54, 1.807) is 18.5 Å². The smallest absolute Gasteiger partial charge is 0.233 e. The molecule has 2 rings (SSSR count). The molecule has 0 unspecified atom stereocenters. The van der Waals surface area contributed by atoms with Crippen molar-refractivity contribution < 1.29 is 9.59 Å². The van der Waals surface area contributed by atoms with E-state index >= 15 is 0 Å². The van der Waals surface area contributed by atoms with Gasteiger partial charge in [0.1, 0.15) is 6.42 Å². The largest absolute Gasteiger partial charge is 0.352 e. The van der Waals surface area contributed by atoms with E-state index in [4.69, 9.17) is 0 Å². The van der Waals surface area contributed by atoms with Gasteiger partial charge in [-0.25, -0.2) is 0 Å². The second kappa shape index (κ2) is 7.70. The monoisotopic (exact) mass is 361 g/mol. The molecule has 114 valence electrons. The van der Waals surface area contributed by atoms with E-state index in [1.165, 1.54) is 0 Å². The van der Waals surface area contributed by atoms with Crippen LogP contribution in [0, 0.1) is 6.92 Å². The molecule has 0 bridgehead atoms. The topological polar surface area (TPSA) is 71.1 Å². The maximum Gasteiger partial charge on any atom is 0.233 e. The predicted molar refractivity (Wildman–Crippen MR) is 88.2 cm³/mol. The van der Waals surface area contributed by atoms with Crippen LogP contribution in [0.5, 0.6) is 0 Å². The number of nitrogens with one attached hydrogen (secondary N) is 2. The molecule has 0 fully saturated rings. The highest BCUT2D eigenvalue weighted by Crippen LogP contribution is 2.23. The Bertz CT molecular complexity index is 674. The molecule has 0 radical (unpaired) electrons. The molecule has 22 heavy (non-hydrogen) atoms. The summed E-state index contributed by atoms with van der Waals surface area (Å²) in [6.45, 7) is 2.34. The standard InChI is InChI=1S/C16H16BrN3O2/c1-11-2-3-14(13(17)8-11)20-16(22)9-15(21)19-10-12-4-6-18-7-5-12/h2-8H,9-10H2,1H3,(H,19,21)(H,20,22). The first-order chi connectivity index (χ1) is 10.5. The molecule has 1 heterocycles. The van der Waals surface area contributed by atoms with E-state index in [0.29, 0.717) is 12.2 Å². The molecule has 2 aromatic rings. The number of amides is 2. The number of benzene rings is 1. The molecular formula is C16H16BrN3O2. The lowest BCUT2D eigenvalue weighted by atomic mass is 10.2. The van der Waals surface area contributed by atoms with Gasteiger partial charge in [-0.05, 0) is 58.2 Å². The summed E-state index contributed by atoms with van der Waals surface area (Å²) in [5.74, 6) is -0.672. The third kappa shape index (κ3) is 4.96. The molecule has 0 spiro atoms. The maximum absolute atomic E-state index is 11.9. The molecule has 6 heteroatoms. The molecule has 0 aliphatic carbocycles. The molecule has 1 aromatic carbocycles. The molecule has 1 aromatic heterocycles. The Morgan fingerprint density at radius 1 is 1.14 bits per heavy atom. The fraction of sp³-hybridized carbons (Fsp3) is 0.188. The summed E-state index contributed by atoms with van der Waals surface area (Å²) in [7, 11) is 0. The molecular weight excluding hydrogens is 346 g/mol. The quantitative estimate of drug-likeness (QED) is 0.804. The number of rotatable bonds is 5. The molecule has 2 amide bonds. The number of anilines is 1. The fourth-order valence-corrected chi connectivity index (χ4v) is 2.42.